The van der Waals surface area contributed by atoms with Crippen LogP contribution in [-0.2, 0) is 0 Å². The Morgan fingerprint density at radius 2 is 2.50 bits per heavy atom. The number of rotatable bonds is 2. The molecule has 0 aromatic carbocycles. The molecule has 1 aromatic rings. The highest BCUT2D eigenvalue weighted by atomic mass is 19.1. The van der Waals surface area contributed by atoms with E-state index in [1.54, 1.807) is 6.07 Å². The summed E-state index contributed by atoms with van der Waals surface area (Å²) in [7, 11) is 0. The topological polar surface area (TPSA) is 34.1 Å². The molecule has 14 heavy (non-hydrogen) atoms. The number of halogens is 1. The quantitative estimate of drug-likeness (QED) is 0.775. The average molecular weight is 196 g/mol. The number of nitrogens with one attached hydrogen (secondary N) is 1. The van der Waals surface area contributed by atoms with Crippen LogP contribution >= 0.6 is 0 Å². The SMILES string of the molecule is Fc1cccnc1O[C@H]1CCCNC1. The molecular weight excluding hydrogens is 183 g/mol. The summed E-state index contributed by atoms with van der Waals surface area (Å²) < 4.78 is 18.6. The molecule has 3 nitrogen and oxygen atoms in total. The van der Waals surface area contributed by atoms with Crippen LogP contribution < -0.4 is 10.1 Å². The van der Waals surface area contributed by atoms with Crippen LogP contribution in [-0.4, -0.2) is 24.2 Å². The van der Waals surface area contributed by atoms with Crippen molar-refractivity contribution in [3.63, 3.8) is 0 Å². The van der Waals surface area contributed by atoms with Crippen LogP contribution in [0.3, 0.4) is 0 Å². The second kappa shape index (κ2) is 4.37. The molecule has 4 heteroatoms. The van der Waals surface area contributed by atoms with Crippen molar-refractivity contribution in [2.75, 3.05) is 13.1 Å². The molecule has 0 spiro atoms. The highest BCUT2D eigenvalue weighted by Gasteiger charge is 2.16. The number of hydrogen-bond acceptors (Lipinski definition) is 3. The summed E-state index contributed by atoms with van der Waals surface area (Å²) in [5, 5.41) is 3.20. The lowest BCUT2D eigenvalue weighted by molar-refractivity contribution is 0.153. The Labute approximate surface area is 82.3 Å². The van der Waals surface area contributed by atoms with Crippen molar-refractivity contribution in [3.05, 3.63) is 24.1 Å². The summed E-state index contributed by atoms with van der Waals surface area (Å²) in [6.45, 7) is 1.79. The standard InChI is InChI=1S/C10H13FN2O/c11-9-4-2-6-13-10(9)14-8-3-1-5-12-7-8/h2,4,6,8,12H,1,3,5,7H2/t8-/m0/s1. The summed E-state index contributed by atoms with van der Waals surface area (Å²) in [5.74, 6) is -0.278. The maximum absolute atomic E-state index is 13.1. The number of nitrogens with zero attached hydrogens (tertiary/aromatic N) is 1. The van der Waals surface area contributed by atoms with Gasteiger partial charge in [-0.1, -0.05) is 0 Å². The van der Waals surface area contributed by atoms with Gasteiger partial charge in [0.25, 0.3) is 5.88 Å². The summed E-state index contributed by atoms with van der Waals surface area (Å²) >= 11 is 0. The van der Waals surface area contributed by atoms with Gasteiger partial charge in [0.15, 0.2) is 5.82 Å². The van der Waals surface area contributed by atoms with Crippen LogP contribution in [0.1, 0.15) is 12.8 Å². The minimum Gasteiger partial charge on any atom is -0.471 e. The molecule has 1 aliphatic heterocycles. The van der Waals surface area contributed by atoms with Crippen molar-refractivity contribution in [3.8, 4) is 5.88 Å². The highest BCUT2D eigenvalue weighted by molar-refractivity contribution is 5.13. The number of aromatic nitrogens is 1. The van der Waals surface area contributed by atoms with Gasteiger partial charge in [-0.15, -0.1) is 0 Å². The normalized spacial score (nSPS) is 21.9. The zero-order valence-corrected chi connectivity index (χ0v) is 7.87. The fraction of sp³-hybridized carbons (Fsp3) is 0.500. The van der Waals surface area contributed by atoms with E-state index in [0.717, 1.165) is 25.9 Å². The summed E-state index contributed by atoms with van der Waals surface area (Å²) in [6, 6.07) is 2.92. The third-order valence-electron chi connectivity index (χ3n) is 2.25. The zero-order valence-electron chi connectivity index (χ0n) is 7.87. The second-order valence-corrected chi connectivity index (χ2v) is 3.38. The molecule has 0 saturated carbocycles. The van der Waals surface area contributed by atoms with Crippen LogP contribution in [0.15, 0.2) is 18.3 Å². The van der Waals surface area contributed by atoms with Gasteiger partial charge < -0.3 is 10.1 Å². The Hall–Kier alpha value is -1.16. The second-order valence-electron chi connectivity index (χ2n) is 3.38. The van der Waals surface area contributed by atoms with E-state index in [0.29, 0.717) is 0 Å². The molecule has 1 atom stereocenters. The van der Waals surface area contributed by atoms with E-state index >= 15 is 0 Å². The van der Waals surface area contributed by atoms with Crippen LogP contribution in [0.25, 0.3) is 0 Å². The average Bonchev–Trinajstić information content (AvgIpc) is 2.23. The monoisotopic (exact) mass is 196 g/mol. The van der Waals surface area contributed by atoms with Crippen LogP contribution in [0.5, 0.6) is 5.88 Å². The lowest BCUT2D eigenvalue weighted by Crippen LogP contribution is -2.37. The molecule has 0 radical (unpaired) electrons. The van der Waals surface area contributed by atoms with E-state index in [4.69, 9.17) is 4.74 Å². The first-order valence-corrected chi connectivity index (χ1v) is 4.84. The number of ether oxygens (including phenoxy) is 1. The van der Waals surface area contributed by atoms with Crippen molar-refractivity contribution in [2.45, 2.75) is 18.9 Å². The highest BCUT2D eigenvalue weighted by Crippen LogP contribution is 2.16. The van der Waals surface area contributed by atoms with Crippen molar-refractivity contribution >= 4 is 0 Å². The summed E-state index contributed by atoms with van der Waals surface area (Å²) in [5.41, 5.74) is 0. The molecule has 0 aliphatic carbocycles. The smallest absolute Gasteiger partial charge is 0.250 e. The van der Waals surface area contributed by atoms with Crippen LogP contribution in [0.2, 0.25) is 0 Å². The number of pyridine rings is 1. The Morgan fingerprint density at radius 1 is 1.57 bits per heavy atom. The minimum absolute atomic E-state index is 0.0492. The molecule has 1 aromatic heterocycles. The molecule has 0 amide bonds. The van der Waals surface area contributed by atoms with Crippen molar-refractivity contribution in [2.24, 2.45) is 0 Å². The Morgan fingerprint density at radius 3 is 3.21 bits per heavy atom. The zero-order chi connectivity index (χ0) is 9.80. The number of hydrogen-bond donors (Lipinski definition) is 1. The summed E-state index contributed by atoms with van der Waals surface area (Å²) in [4.78, 5) is 3.85. The van der Waals surface area contributed by atoms with Gasteiger partial charge in [-0.3, -0.25) is 0 Å². The Balaban J connectivity index is 1.99. The maximum atomic E-state index is 13.1. The van der Waals surface area contributed by atoms with Crippen LogP contribution in [0, 0.1) is 5.82 Å². The van der Waals surface area contributed by atoms with E-state index in [2.05, 4.69) is 10.3 Å². The fourth-order valence-electron chi connectivity index (χ4n) is 1.54. The Kier molecular flexibility index (Phi) is 2.93. The third kappa shape index (κ3) is 2.20. The molecular formula is C10H13FN2O. The molecule has 2 rings (SSSR count). The van der Waals surface area contributed by atoms with Crippen molar-refractivity contribution < 1.29 is 9.13 Å². The molecule has 0 bridgehead atoms. The Bertz CT molecular complexity index is 300. The van der Waals surface area contributed by atoms with Gasteiger partial charge >= 0.3 is 0 Å². The third-order valence-corrected chi connectivity index (χ3v) is 2.25. The molecule has 2 heterocycles. The van der Waals surface area contributed by atoms with E-state index in [9.17, 15) is 4.39 Å². The predicted molar refractivity (Wildman–Crippen MR) is 50.7 cm³/mol. The molecule has 1 fully saturated rings. The van der Waals surface area contributed by atoms with Crippen molar-refractivity contribution in [1.82, 2.24) is 10.3 Å². The first kappa shape index (κ1) is 9.40. The van der Waals surface area contributed by atoms with Gasteiger partial charge in [-0.2, -0.15) is 0 Å². The van der Waals surface area contributed by atoms with E-state index < -0.39 is 5.82 Å². The van der Waals surface area contributed by atoms with Gasteiger partial charge in [-0.05, 0) is 31.5 Å². The summed E-state index contributed by atoms with van der Waals surface area (Å²) in [6.07, 6.45) is 3.62. The fourth-order valence-corrected chi connectivity index (χ4v) is 1.54. The predicted octanol–water partition coefficient (Wildman–Crippen LogP) is 1.35. The molecule has 1 aliphatic rings. The number of piperidine rings is 1. The van der Waals surface area contributed by atoms with Gasteiger partial charge in [0.2, 0.25) is 0 Å². The lowest BCUT2D eigenvalue weighted by Gasteiger charge is -2.23. The molecule has 0 unspecified atom stereocenters. The first-order valence-electron chi connectivity index (χ1n) is 4.84. The van der Waals surface area contributed by atoms with Gasteiger partial charge in [0.1, 0.15) is 6.10 Å². The minimum atomic E-state index is -0.391. The largest absolute Gasteiger partial charge is 0.471 e. The van der Waals surface area contributed by atoms with Gasteiger partial charge in [0.05, 0.1) is 0 Å². The van der Waals surface area contributed by atoms with E-state index in [1.165, 1.54) is 12.3 Å². The maximum Gasteiger partial charge on any atom is 0.250 e. The first-order chi connectivity index (χ1) is 6.86. The van der Waals surface area contributed by atoms with Gasteiger partial charge in [-0.25, -0.2) is 9.37 Å². The molecule has 1 N–H and O–H groups in total. The van der Waals surface area contributed by atoms with E-state index in [-0.39, 0.29) is 12.0 Å². The van der Waals surface area contributed by atoms with Crippen molar-refractivity contribution in [1.29, 1.82) is 0 Å². The molecule has 76 valence electrons. The lowest BCUT2D eigenvalue weighted by atomic mass is 10.1. The van der Waals surface area contributed by atoms with E-state index in [1.807, 2.05) is 0 Å². The molecule has 1 saturated heterocycles. The van der Waals surface area contributed by atoms with Crippen LogP contribution in [0.4, 0.5) is 4.39 Å². The van der Waals surface area contributed by atoms with Gasteiger partial charge in [0, 0.05) is 12.7 Å².